The Hall–Kier alpha value is -2.60. The Balaban J connectivity index is 1.61. The summed E-state index contributed by atoms with van der Waals surface area (Å²) in [5, 5.41) is 4.28. The molecule has 2 aromatic carbocycles. The molecule has 25 heavy (non-hydrogen) atoms. The fraction of sp³-hybridized carbons (Fsp3) is 0.368. The van der Waals surface area contributed by atoms with Gasteiger partial charge in [0.15, 0.2) is 6.61 Å². The number of benzene rings is 2. The lowest BCUT2D eigenvalue weighted by molar-refractivity contribution is -0.124. The van der Waals surface area contributed by atoms with Gasteiger partial charge in [-0.25, -0.2) is 4.79 Å². The first-order valence-corrected chi connectivity index (χ1v) is 8.30. The maximum absolute atomic E-state index is 12.4. The smallest absolute Gasteiger partial charge is 0.339 e. The predicted molar refractivity (Wildman–Crippen MR) is 92.8 cm³/mol. The van der Waals surface area contributed by atoms with E-state index in [0.717, 1.165) is 30.2 Å². The standard InChI is InChI=1S/C19H21NO5/c1-23-17-9-8-16(14-6-2-3-7-15(14)17)19(22)25-12-18(21)20-11-13-5-4-10-24-13/h2-3,6-9,13H,4-5,10-12H2,1H3,(H,20,21). The first-order chi connectivity index (χ1) is 12.2. The number of esters is 1. The van der Waals surface area contributed by atoms with E-state index in [9.17, 15) is 9.59 Å². The van der Waals surface area contributed by atoms with E-state index in [1.54, 1.807) is 19.2 Å². The third-order valence-electron chi connectivity index (χ3n) is 4.21. The second kappa shape index (κ2) is 7.98. The zero-order valence-corrected chi connectivity index (χ0v) is 14.1. The van der Waals surface area contributed by atoms with Crippen LogP contribution < -0.4 is 10.1 Å². The van der Waals surface area contributed by atoms with Gasteiger partial charge in [0.25, 0.3) is 5.91 Å². The van der Waals surface area contributed by atoms with E-state index in [-0.39, 0.29) is 18.6 Å². The maximum atomic E-state index is 12.4. The number of hydrogen-bond acceptors (Lipinski definition) is 5. The Morgan fingerprint density at radius 1 is 1.20 bits per heavy atom. The molecule has 1 amide bonds. The molecule has 1 heterocycles. The summed E-state index contributed by atoms with van der Waals surface area (Å²) in [5.41, 5.74) is 0.406. The van der Waals surface area contributed by atoms with E-state index in [2.05, 4.69) is 5.32 Å². The lowest BCUT2D eigenvalue weighted by Crippen LogP contribution is -2.34. The Kier molecular flexibility index (Phi) is 5.50. The quantitative estimate of drug-likeness (QED) is 0.815. The number of hydrogen-bond donors (Lipinski definition) is 1. The van der Waals surface area contributed by atoms with Crippen molar-refractivity contribution in [2.45, 2.75) is 18.9 Å². The number of fused-ring (bicyclic) bond motifs is 1. The summed E-state index contributed by atoms with van der Waals surface area (Å²) in [4.78, 5) is 24.2. The highest BCUT2D eigenvalue weighted by Crippen LogP contribution is 2.28. The fourth-order valence-electron chi connectivity index (χ4n) is 2.92. The molecule has 6 heteroatoms. The van der Waals surface area contributed by atoms with Crippen molar-refractivity contribution in [1.29, 1.82) is 0 Å². The predicted octanol–water partition coefficient (Wildman–Crippen LogP) is 2.30. The molecule has 1 fully saturated rings. The monoisotopic (exact) mass is 343 g/mol. The van der Waals surface area contributed by atoms with Gasteiger partial charge in [-0.05, 0) is 30.4 Å². The lowest BCUT2D eigenvalue weighted by atomic mass is 10.0. The lowest BCUT2D eigenvalue weighted by Gasteiger charge is -2.12. The summed E-state index contributed by atoms with van der Waals surface area (Å²) < 4.78 is 15.9. The van der Waals surface area contributed by atoms with Gasteiger partial charge in [-0.1, -0.05) is 24.3 Å². The second-order valence-corrected chi connectivity index (χ2v) is 5.88. The minimum absolute atomic E-state index is 0.0604. The van der Waals surface area contributed by atoms with Gasteiger partial charge in [0.05, 0.1) is 18.8 Å². The maximum Gasteiger partial charge on any atom is 0.339 e. The van der Waals surface area contributed by atoms with Crippen molar-refractivity contribution < 1.29 is 23.8 Å². The number of nitrogens with one attached hydrogen (secondary N) is 1. The van der Waals surface area contributed by atoms with Crippen LogP contribution in [0.4, 0.5) is 0 Å². The molecule has 6 nitrogen and oxygen atoms in total. The van der Waals surface area contributed by atoms with Crippen molar-refractivity contribution in [3.8, 4) is 5.75 Å². The largest absolute Gasteiger partial charge is 0.496 e. The second-order valence-electron chi connectivity index (χ2n) is 5.88. The SMILES string of the molecule is COc1ccc(C(=O)OCC(=O)NCC2CCCO2)c2ccccc12. The van der Waals surface area contributed by atoms with Crippen LogP contribution in [0.5, 0.6) is 5.75 Å². The van der Waals surface area contributed by atoms with Gasteiger partial charge in [0, 0.05) is 18.5 Å². The highest BCUT2D eigenvalue weighted by atomic mass is 16.5. The van der Waals surface area contributed by atoms with Gasteiger partial charge in [-0.2, -0.15) is 0 Å². The first kappa shape index (κ1) is 17.2. The molecule has 0 spiro atoms. The summed E-state index contributed by atoms with van der Waals surface area (Å²) in [6.07, 6.45) is 2.02. The van der Waals surface area contributed by atoms with Gasteiger partial charge in [-0.3, -0.25) is 4.79 Å². The molecule has 2 aromatic rings. The number of methoxy groups -OCH3 is 1. The molecule has 1 N–H and O–H groups in total. The number of rotatable bonds is 6. The number of amides is 1. The zero-order chi connectivity index (χ0) is 17.6. The van der Waals surface area contributed by atoms with Crippen molar-refractivity contribution in [2.24, 2.45) is 0 Å². The Morgan fingerprint density at radius 2 is 2.00 bits per heavy atom. The highest BCUT2D eigenvalue weighted by molar-refractivity contribution is 6.06. The molecule has 1 atom stereocenters. The van der Waals surface area contributed by atoms with Crippen LogP contribution in [0.25, 0.3) is 10.8 Å². The average molecular weight is 343 g/mol. The topological polar surface area (TPSA) is 73.9 Å². The van der Waals surface area contributed by atoms with E-state index >= 15 is 0 Å². The zero-order valence-electron chi connectivity index (χ0n) is 14.1. The third kappa shape index (κ3) is 4.09. The minimum atomic E-state index is -0.536. The van der Waals surface area contributed by atoms with E-state index in [0.29, 0.717) is 17.9 Å². The molecular weight excluding hydrogens is 322 g/mol. The van der Waals surface area contributed by atoms with Crippen LogP contribution in [0.2, 0.25) is 0 Å². The molecule has 1 aliphatic rings. The molecular formula is C19H21NO5. The average Bonchev–Trinajstić information content (AvgIpc) is 3.17. The van der Waals surface area contributed by atoms with Crippen LogP contribution in [0, 0.1) is 0 Å². The number of carbonyl (C=O) groups is 2. The molecule has 0 saturated carbocycles. The van der Waals surface area contributed by atoms with Gasteiger partial charge in [0.2, 0.25) is 0 Å². The van der Waals surface area contributed by atoms with E-state index < -0.39 is 5.97 Å². The van der Waals surface area contributed by atoms with Crippen LogP contribution in [0.3, 0.4) is 0 Å². The molecule has 1 saturated heterocycles. The van der Waals surface area contributed by atoms with Crippen molar-refractivity contribution in [2.75, 3.05) is 26.9 Å². The summed E-state index contributed by atoms with van der Waals surface area (Å²) in [7, 11) is 1.58. The fourth-order valence-corrected chi connectivity index (χ4v) is 2.92. The minimum Gasteiger partial charge on any atom is -0.496 e. The molecule has 1 unspecified atom stereocenters. The normalized spacial score (nSPS) is 16.6. The summed E-state index contributed by atoms with van der Waals surface area (Å²) >= 11 is 0. The van der Waals surface area contributed by atoms with Crippen LogP contribution in [-0.4, -0.2) is 44.8 Å². The first-order valence-electron chi connectivity index (χ1n) is 8.30. The molecule has 1 aliphatic heterocycles. The molecule has 0 aliphatic carbocycles. The Morgan fingerprint density at radius 3 is 2.72 bits per heavy atom. The third-order valence-corrected chi connectivity index (χ3v) is 4.21. The van der Waals surface area contributed by atoms with Gasteiger partial charge in [0.1, 0.15) is 5.75 Å². The molecule has 0 bridgehead atoms. The highest BCUT2D eigenvalue weighted by Gasteiger charge is 2.18. The van der Waals surface area contributed by atoms with E-state index in [1.807, 2.05) is 24.3 Å². The Bertz CT molecular complexity index is 767. The van der Waals surface area contributed by atoms with Gasteiger partial charge < -0.3 is 19.5 Å². The number of ether oxygens (including phenoxy) is 3. The van der Waals surface area contributed by atoms with Crippen LogP contribution in [0.1, 0.15) is 23.2 Å². The van der Waals surface area contributed by atoms with E-state index in [4.69, 9.17) is 14.2 Å². The van der Waals surface area contributed by atoms with Crippen LogP contribution >= 0.6 is 0 Å². The molecule has 0 radical (unpaired) electrons. The van der Waals surface area contributed by atoms with Gasteiger partial charge >= 0.3 is 5.97 Å². The summed E-state index contributed by atoms with van der Waals surface area (Å²) in [5.74, 6) is -0.186. The van der Waals surface area contributed by atoms with Crippen molar-refractivity contribution in [3.63, 3.8) is 0 Å². The number of carbonyl (C=O) groups excluding carboxylic acids is 2. The van der Waals surface area contributed by atoms with Crippen molar-refractivity contribution in [1.82, 2.24) is 5.32 Å². The van der Waals surface area contributed by atoms with E-state index in [1.165, 1.54) is 0 Å². The Labute approximate surface area is 146 Å². The molecule has 0 aromatic heterocycles. The van der Waals surface area contributed by atoms with Crippen molar-refractivity contribution >= 4 is 22.6 Å². The molecule has 3 rings (SSSR count). The van der Waals surface area contributed by atoms with Crippen LogP contribution in [-0.2, 0) is 14.3 Å². The van der Waals surface area contributed by atoms with Gasteiger partial charge in [-0.15, -0.1) is 0 Å². The summed E-state index contributed by atoms with van der Waals surface area (Å²) in [6.45, 7) is 0.869. The van der Waals surface area contributed by atoms with Crippen molar-refractivity contribution in [3.05, 3.63) is 42.0 Å². The molecule has 132 valence electrons. The van der Waals surface area contributed by atoms with Crippen LogP contribution in [0.15, 0.2) is 36.4 Å². The summed E-state index contributed by atoms with van der Waals surface area (Å²) in [6, 6.07) is 10.8.